The Labute approximate surface area is 134 Å². The van der Waals surface area contributed by atoms with Crippen molar-refractivity contribution in [2.24, 2.45) is 5.73 Å². The van der Waals surface area contributed by atoms with Gasteiger partial charge in [-0.2, -0.15) is 0 Å². The number of nitrogens with one attached hydrogen (secondary N) is 1. The molecular formula is C14H20BrClN2O2. The fourth-order valence-electron chi connectivity index (χ4n) is 2.17. The fourth-order valence-corrected chi connectivity index (χ4v) is 2.43. The molecule has 1 amide bonds. The quantitative estimate of drug-likeness (QED) is 0.866. The van der Waals surface area contributed by atoms with E-state index in [-0.39, 0.29) is 30.5 Å². The first-order chi connectivity index (χ1) is 8.91. The second-order valence-electron chi connectivity index (χ2n) is 5.15. The average molecular weight is 364 g/mol. The highest BCUT2D eigenvalue weighted by Gasteiger charge is 2.34. The first kappa shape index (κ1) is 17.4. The Morgan fingerprint density at radius 1 is 1.45 bits per heavy atom. The van der Waals surface area contributed by atoms with Crippen molar-refractivity contribution in [2.45, 2.75) is 38.0 Å². The van der Waals surface area contributed by atoms with E-state index in [9.17, 15) is 4.79 Å². The van der Waals surface area contributed by atoms with Crippen LogP contribution in [0.15, 0.2) is 28.7 Å². The van der Waals surface area contributed by atoms with Crippen molar-refractivity contribution in [3.8, 4) is 0 Å². The van der Waals surface area contributed by atoms with Crippen molar-refractivity contribution < 1.29 is 9.53 Å². The molecule has 2 rings (SSSR count). The topological polar surface area (TPSA) is 64.3 Å². The van der Waals surface area contributed by atoms with Gasteiger partial charge >= 0.3 is 0 Å². The van der Waals surface area contributed by atoms with E-state index >= 15 is 0 Å². The monoisotopic (exact) mass is 362 g/mol. The molecule has 20 heavy (non-hydrogen) atoms. The van der Waals surface area contributed by atoms with E-state index < -0.39 is 5.54 Å². The summed E-state index contributed by atoms with van der Waals surface area (Å²) in [5.41, 5.74) is 5.94. The van der Waals surface area contributed by atoms with Crippen LogP contribution in [-0.2, 0) is 15.1 Å². The van der Waals surface area contributed by atoms with Crippen LogP contribution in [0.5, 0.6) is 0 Å². The van der Waals surface area contributed by atoms with Crippen LogP contribution >= 0.6 is 28.3 Å². The predicted octanol–water partition coefficient (Wildman–Crippen LogP) is 2.34. The standard InChI is InChI=1S/C14H19BrN2O2.ClH/c1-9-12(7-8-19-9)17-13(18)14(2,16)10-3-5-11(15)6-4-10;/h3-6,9,12H,7-8,16H2,1-2H3,(H,17,18);1H. The van der Waals surface area contributed by atoms with Gasteiger partial charge in [-0.1, -0.05) is 28.1 Å². The maximum absolute atomic E-state index is 12.3. The molecule has 3 N–H and O–H groups in total. The highest BCUT2D eigenvalue weighted by atomic mass is 79.9. The lowest BCUT2D eigenvalue weighted by atomic mass is 9.91. The Balaban J connectivity index is 0.00000200. The van der Waals surface area contributed by atoms with E-state index in [0.29, 0.717) is 6.61 Å². The predicted molar refractivity (Wildman–Crippen MR) is 84.9 cm³/mol. The molecule has 3 atom stereocenters. The van der Waals surface area contributed by atoms with Crippen LogP contribution in [0.3, 0.4) is 0 Å². The number of rotatable bonds is 3. The van der Waals surface area contributed by atoms with Crippen LogP contribution in [0, 0.1) is 0 Å². The maximum atomic E-state index is 12.3. The van der Waals surface area contributed by atoms with E-state index in [4.69, 9.17) is 10.5 Å². The summed E-state index contributed by atoms with van der Waals surface area (Å²) >= 11 is 3.37. The zero-order valence-corrected chi connectivity index (χ0v) is 14.0. The number of hydrogen-bond donors (Lipinski definition) is 2. The van der Waals surface area contributed by atoms with E-state index in [1.807, 2.05) is 31.2 Å². The lowest BCUT2D eigenvalue weighted by Crippen LogP contribution is -2.53. The average Bonchev–Trinajstić information content (AvgIpc) is 2.75. The summed E-state index contributed by atoms with van der Waals surface area (Å²) in [6, 6.07) is 7.53. The molecule has 1 aliphatic heterocycles. The molecule has 0 radical (unpaired) electrons. The third kappa shape index (κ3) is 3.73. The van der Waals surface area contributed by atoms with Gasteiger partial charge in [0, 0.05) is 11.1 Å². The molecular weight excluding hydrogens is 344 g/mol. The van der Waals surface area contributed by atoms with Crippen LogP contribution in [0.4, 0.5) is 0 Å². The number of nitrogens with two attached hydrogens (primary N) is 1. The summed E-state index contributed by atoms with van der Waals surface area (Å²) in [5.74, 6) is -0.169. The molecule has 1 fully saturated rings. The van der Waals surface area contributed by atoms with Gasteiger partial charge in [0.1, 0.15) is 5.54 Å². The summed E-state index contributed by atoms with van der Waals surface area (Å²) in [4.78, 5) is 12.3. The molecule has 3 unspecified atom stereocenters. The number of amides is 1. The largest absolute Gasteiger partial charge is 0.376 e. The number of hydrogen-bond acceptors (Lipinski definition) is 3. The summed E-state index contributed by atoms with van der Waals surface area (Å²) in [6.07, 6.45) is 0.883. The van der Waals surface area contributed by atoms with Crippen LogP contribution in [0.1, 0.15) is 25.8 Å². The number of ether oxygens (including phenoxy) is 1. The highest BCUT2D eigenvalue weighted by Crippen LogP contribution is 2.22. The van der Waals surface area contributed by atoms with E-state index in [1.54, 1.807) is 6.92 Å². The lowest BCUT2D eigenvalue weighted by Gasteiger charge is -2.27. The van der Waals surface area contributed by atoms with Gasteiger partial charge in [0.2, 0.25) is 5.91 Å². The molecule has 6 heteroatoms. The van der Waals surface area contributed by atoms with E-state index in [2.05, 4.69) is 21.2 Å². The Bertz CT molecular complexity index is 465. The maximum Gasteiger partial charge on any atom is 0.244 e. The molecule has 112 valence electrons. The normalized spacial score (nSPS) is 24.6. The molecule has 1 aromatic carbocycles. The first-order valence-electron chi connectivity index (χ1n) is 6.39. The Morgan fingerprint density at radius 3 is 2.55 bits per heavy atom. The van der Waals surface area contributed by atoms with Crippen molar-refractivity contribution in [3.05, 3.63) is 34.3 Å². The Hall–Kier alpha value is -0.620. The van der Waals surface area contributed by atoms with Crippen molar-refractivity contribution in [1.29, 1.82) is 0 Å². The second kappa shape index (κ2) is 6.89. The molecule has 1 heterocycles. The van der Waals surface area contributed by atoms with Gasteiger partial charge < -0.3 is 15.8 Å². The molecule has 1 saturated heterocycles. The number of halogens is 2. The molecule has 0 aromatic heterocycles. The van der Waals surface area contributed by atoms with E-state index in [1.165, 1.54) is 0 Å². The van der Waals surface area contributed by atoms with Gasteiger partial charge in [-0.05, 0) is 38.0 Å². The molecule has 4 nitrogen and oxygen atoms in total. The molecule has 1 aromatic rings. The third-order valence-electron chi connectivity index (χ3n) is 3.61. The molecule has 0 aliphatic carbocycles. The summed E-state index contributed by atoms with van der Waals surface area (Å²) in [7, 11) is 0. The minimum absolute atomic E-state index is 0. The smallest absolute Gasteiger partial charge is 0.244 e. The molecule has 1 aliphatic rings. The SMILES string of the molecule is CC1OCCC1NC(=O)C(C)(N)c1ccc(Br)cc1.Cl. The van der Waals surface area contributed by atoms with Gasteiger partial charge in [-0.15, -0.1) is 12.4 Å². The highest BCUT2D eigenvalue weighted by molar-refractivity contribution is 9.10. The minimum atomic E-state index is -1.04. The van der Waals surface area contributed by atoms with Crippen molar-refractivity contribution in [1.82, 2.24) is 5.32 Å². The number of carbonyl (C=O) groups excluding carboxylic acids is 1. The van der Waals surface area contributed by atoms with Crippen LogP contribution < -0.4 is 11.1 Å². The van der Waals surface area contributed by atoms with Crippen molar-refractivity contribution in [3.63, 3.8) is 0 Å². The first-order valence-corrected chi connectivity index (χ1v) is 7.18. The van der Waals surface area contributed by atoms with Crippen LogP contribution in [-0.4, -0.2) is 24.7 Å². The number of carbonyl (C=O) groups is 1. The van der Waals surface area contributed by atoms with Gasteiger partial charge in [0.15, 0.2) is 0 Å². The third-order valence-corrected chi connectivity index (χ3v) is 4.14. The van der Waals surface area contributed by atoms with Gasteiger partial charge in [-0.25, -0.2) is 0 Å². The second-order valence-corrected chi connectivity index (χ2v) is 6.07. The zero-order valence-electron chi connectivity index (χ0n) is 11.6. The number of benzene rings is 1. The van der Waals surface area contributed by atoms with Gasteiger partial charge in [0.25, 0.3) is 0 Å². The lowest BCUT2D eigenvalue weighted by molar-refractivity contribution is -0.127. The zero-order chi connectivity index (χ0) is 14.0. The Kier molecular flexibility index (Phi) is 6.01. The van der Waals surface area contributed by atoms with Crippen molar-refractivity contribution >= 4 is 34.2 Å². The van der Waals surface area contributed by atoms with Crippen LogP contribution in [0.25, 0.3) is 0 Å². The van der Waals surface area contributed by atoms with E-state index in [0.717, 1.165) is 16.5 Å². The van der Waals surface area contributed by atoms with Crippen molar-refractivity contribution in [2.75, 3.05) is 6.61 Å². The molecule has 0 bridgehead atoms. The Morgan fingerprint density at radius 2 is 2.05 bits per heavy atom. The summed E-state index contributed by atoms with van der Waals surface area (Å²) in [6.45, 7) is 4.38. The van der Waals surface area contributed by atoms with Crippen LogP contribution in [0.2, 0.25) is 0 Å². The molecule has 0 saturated carbocycles. The minimum Gasteiger partial charge on any atom is -0.376 e. The van der Waals surface area contributed by atoms with Gasteiger partial charge in [0.05, 0.1) is 12.1 Å². The molecule has 0 spiro atoms. The van der Waals surface area contributed by atoms with Gasteiger partial charge in [-0.3, -0.25) is 4.79 Å². The fraction of sp³-hybridized carbons (Fsp3) is 0.500. The summed E-state index contributed by atoms with van der Waals surface area (Å²) in [5, 5.41) is 2.98. The summed E-state index contributed by atoms with van der Waals surface area (Å²) < 4.78 is 6.40.